The molecule has 2 aromatic carbocycles. The molecule has 7 heteroatoms. The van der Waals surface area contributed by atoms with Crippen LogP contribution in [0.4, 0.5) is 0 Å². The molecule has 2 aromatic heterocycles. The molecule has 0 aliphatic heterocycles. The van der Waals surface area contributed by atoms with Gasteiger partial charge in [0.05, 0.1) is 19.2 Å². The molecule has 0 aliphatic carbocycles. The Hall–Kier alpha value is -3.19. The number of thiazole rings is 1. The maximum atomic E-state index is 12.1. The molecule has 28 heavy (non-hydrogen) atoms. The minimum Gasteiger partial charge on any atom is -0.497 e. The van der Waals surface area contributed by atoms with E-state index in [4.69, 9.17) is 4.74 Å². The molecule has 0 atom stereocenters. The van der Waals surface area contributed by atoms with E-state index in [2.05, 4.69) is 15.4 Å². The van der Waals surface area contributed by atoms with E-state index < -0.39 is 0 Å². The van der Waals surface area contributed by atoms with Crippen LogP contribution in [0, 0.1) is 0 Å². The molecule has 0 fully saturated rings. The standard InChI is InChI=1S/C21H20N4O2S/c1-27-18-9-7-16(8-10-18)20-23-21-25(24-20)17(14-28-21)11-12-22-19(26)13-15-5-3-2-4-6-15/h2-10,14H,11-13H2,1H3,(H,22,26). The summed E-state index contributed by atoms with van der Waals surface area (Å²) in [6.45, 7) is 0.565. The second-order valence-electron chi connectivity index (χ2n) is 6.35. The first kappa shape index (κ1) is 18.2. The van der Waals surface area contributed by atoms with Gasteiger partial charge < -0.3 is 10.1 Å². The first-order valence-electron chi connectivity index (χ1n) is 9.01. The summed E-state index contributed by atoms with van der Waals surface area (Å²) >= 11 is 1.55. The number of benzene rings is 2. The Morgan fingerprint density at radius 3 is 2.68 bits per heavy atom. The number of hydrogen-bond acceptors (Lipinski definition) is 5. The Labute approximate surface area is 166 Å². The third-order valence-electron chi connectivity index (χ3n) is 4.41. The van der Waals surface area contributed by atoms with Crippen LogP contribution < -0.4 is 10.1 Å². The maximum absolute atomic E-state index is 12.1. The summed E-state index contributed by atoms with van der Waals surface area (Å²) in [5.74, 6) is 1.51. The van der Waals surface area contributed by atoms with Gasteiger partial charge in [0, 0.05) is 23.9 Å². The summed E-state index contributed by atoms with van der Waals surface area (Å²) in [5, 5.41) is 9.64. The minimum atomic E-state index is 0.0233. The van der Waals surface area contributed by atoms with Gasteiger partial charge in [-0.3, -0.25) is 4.79 Å². The van der Waals surface area contributed by atoms with Crippen LogP contribution in [0.3, 0.4) is 0 Å². The number of carbonyl (C=O) groups excluding carboxylic acids is 1. The molecule has 0 saturated heterocycles. The smallest absolute Gasteiger partial charge is 0.224 e. The largest absolute Gasteiger partial charge is 0.497 e. The van der Waals surface area contributed by atoms with Crippen LogP contribution >= 0.6 is 11.3 Å². The highest BCUT2D eigenvalue weighted by Gasteiger charge is 2.12. The van der Waals surface area contributed by atoms with E-state index in [-0.39, 0.29) is 5.91 Å². The van der Waals surface area contributed by atoms with Gasteiger partial charge in [-0.25, -0.2) is 4.52 Å². The van der Waals surface area contributed by atoms with Gasteiger partial charge in [0.2, 0.25) is 10.9 Å². The van der Waals surface area contributed by atoms with Crippen LogP contribution in [0.1, 0.15) is 11.3 Å². The van der Waals surface area contributed by atoms with Crippen molar-refractivity contribution < 1.29 is 9.53 Å². The second kappa shape index (κ2) is 8.22. The van der Waals surface area contributed by atoms with E-state index in [1.807, 2.05) is 64.5 Å². The number of carbonyl (C=O) groups is 1. The number of amides is 1. The van der Waals surface area contributed by atoms with E-state index in [0.717, 1.165) is 27.5 Å². The van der Waals surface area contributed by atoms with Gasteiger partial charge in [-0.2, -0.15) is 4.98 Å². The molecule has 1 amide bonds. The minimum absolute atomic E-state index is 0.0233. The lowest BCUT2D eigenvalue weighted by molar-refractivity contribution is -0.120. The van der Waals surface area contributed by atoms with Gasteiger partial charge in [0.15, 0.2) is 5.82 Å². The molecule has 1 N–H and O–H groups in total. The van der Waals surface area contributed by atoms with Crippen molar-refractivity contribution in [1.29, 1.82) is 0 Å². The lowest BCUT2D eigenvalue weighted by Gasteiger charge is -2.04. The average Bonchev–Trinajstić information content (AvgIpc) is 3.30. The van der Waals surface area contributed by atoms with Gasteiger partial charge in [-0.1, -0.05) is 30.3 Å². The molecule has 0 spiro atoms. The zero-order chi connectivity index (χ0) is 19.3. The highest BCUT2D eigenvalue weighted by Crippen LogP contribution is 2.23. The van der Waals surface area contributed by atoms with Crippen molar-refractivity contribution >= 4 is 22.2 Å². The van der Waals surface area contributed by atoms with E-state index in [0.29, 0.717) is 25.2 Å². The van der Waals surface area contributed by atoms with Crippen molar-refractivity contribution in [1.82, 2.24) is 19.9 Å². The number of aromatic nitrogens is 3. The number of fused-ring (bicyclic) bond motifs is 1. The summed E-state index contributed by atoms with van der Waals surface area (Å²) in [5.41, 5.74) is 2.99. The predicted octanol–water partition coefficient (Wildman–Crippen LogP) is 3.37. The van der Waals surface area contributed by atoms with Gasteiger partial charge >= 0.3 is 0 Å². The molecule has 6 nitrogen and oxygen atoms in total. The Morgan fingerprint density at radius 2 is 1.93 bits per heavy atom. The molecule has 4 aromatic rings. The van der Waals surface area contributed by atoms with Crippen LogP contribution in [0.2, 0.25) is 0 Å². The predicted molar refractivity (Wildman–Crippen MR) is 110 cm³/mol. The van der Waals surface area contributed by atoms with E-state index in [9.17, 15) is 4.79 Å². The molecule has 0 saturated carbocycles. The SMILES string of the molecule is COc1ccc(-c2nc3scc(CCNC(=O)Cc4ccccc4)n3n2)cc1. The summed E-state index contributed by atoms with van der Waals surface area (Å²) in [6.07, 6.45) is 1.09. The number of methoxy groups -OCH3 is 1. The van der Waals surface area contributed by atoms with Gasteiger partial charge in [-0.15, -0.1) is 16.4 Å². The molecule has 142 valence electrons. The fraction of sp³-hybridized carbons (Fsp3) is 0.190. The number of nitrogens with one attached hydrogen (secondary N) is 1. The van der Waals surface area contributed by atoms with Crippen molar-refractivity contribution in [2.24, 2.45) is 0 Å². The molecule has 0 aliphatic rings. The van der Waals surface area contributed by atoms with E-state index in [1.165, 1.54) is 0 Å². The third kappa shape index (κ3) is 4.04. The normalized spacial score (nSPS) is 10.9. The number of ether oxygens (including phenoxy) is 1. The van der Waals surface area contributed by atoms with Crippen molar-refractivity contribution in [3.63, 3.8) is 0 Å². The van der Waals surface area contributed by atoms with Crippen molar-refractivity contribution in [2.75, 3.05) is 13.7 Å². The topological polar surface area (TPSA) is 68.5 Å². The van der Waals surface area contributed by atoms with Gasteiger partial charge in [0.1, 0.15) is 5.75 Å². The van der Waals surface area contributed by atoms with Crippen LogP contribution in [0.25, 0.3) is 16.3 Å². The van der Waals surface area contributed by atoms with Crippen LogP contribution in [-0.4, -0.2) is 34.2 Å². The third-order valence-corrected chi connectivity index (χ3v) is 5.27. The molecule has 0 radical (unpaired) electrons. The summed E-state index contributed by atoms with van der Waals surface area (Å²) in [6, 6.07) is 17.4. The Morgan fingerprint density at radius 1 is 1.14 bits per heavy atom. The number of rotatable bonds is 7. The van der Waals surface area contributed by atoms with Gasteiger partial charge in [0.25, 0.3) is 0 Å². The zero-order valence-electron chi connectivity index (χ0n) is 15.5. The molecule has 0 unspecified atom stereocenters. The van der Waals surface area contributed by atoms with Crippen molar-refractivity contribution in [3.05, 3.63) is 71.2 Å². The fourth-order valence-corrected chi connectivity index (χ4v) is 3.79. The average molecular weight is 392 g/mol. The molecule has 2 heterocycles. The molecular weight excluding hydrogens is 372 g/mol. The molecule has 0 bridgehead atoms. The Bertz CT molecular complexity index is 1070. The maximum Gasteiger partial charge on any atom is 0.224 e. The lowest BCUT2D eigenvalue weighted by atomic mass is 10.1. The first-order valence-corrected chi connectivity index (χ1v) is 9.89. The van der Waals surface area contributed by atoms with Gasteiger partial charge in [-0.05, 0) is 29.8 Å². The van der Waals surface area contributed by atoms with E-state index >= 15 is 0 Å². The van der Waals surface area contributed by atoms with E-state index in [1.54, 1.807) is 18.4 Å². The highest BCUT2D eigenvalue weighted by atomic mass is 32.1. The number of nitrogens with zero attached hydrogens (tertiary/aromatic N) is 3. The monoisotopic (exact) mass is 392 g/mol. The Balaban J connectivity index is 1.39. The summed E-state index contributed by atoms with van der Waals surface area (Å²) in [4.78, 5) is 17.5. The summed E-state index contributed by atoms with van der Waals surface area (Å²) in [7, 11) is 1.64. The quantitative estimate of drug-likeness (QED) is 0.524. The Kier molecular flexibility index (Phi) is 5.34. The fourth-order valence-electron chi connectivity index (χ4n) is 2.93. The zero-order valence-corrected chi connectivity index (χ0v) is 16.3. The van der Waals surface area contributed by atoms with Crippen LogP contribution in [0.5, 0.6) is 5.75 Å². The molecular formula is C21H20N4O2S. The lowest BCUT2D eigenvalue weighted by Crippen LogP contribution is -2.27. The molecule has 4 rings (SSSR count). The van der Waals surface area contributed by atoms with Crippen LogP contribution in [-0.2, 0) is 17.6 Å². The first-order chi connectivity index (χ1) is 13.7. The van der Waals surface area contributed by atoms with Crippen molar-refractivity contribution in [2.45, 2.75) is 12.8 Å². The second-order valence-corrected chi connectivity index (χ2v) is 7.18. The highest BCUT2D eigenvalue weighted by molar-refractivity contribution is 7.15. The van der Waals surface area contributed by atoms with Crippen molar-refractivity contribution in [3.8, 4) is 17.1 Å². The van der Waals surface area contributed by atoms with Crippen LogP contribution in [0.15, 0.2) is 60.0 Å². The number of hydrogen-bond donors (Lipinski definition) is 1. The summed E-state index contributed by atoms with van der Waals surface area (Å²) < 4.78 is 7.05.